The molecule has 2 amide bonds. The van der Waals surface area contributed by atoms with Crippen molar-refractivity contribution in [2.24, 2.45) is 0 Å². The maximum atomic E-state index is 12.3. The molecular weight excluding hydrogens is 366 g/mol. The zero-order chi connectivity index (χ0) is 20.1. The van der Waals surface area contributed by atoms with E-state index in [1.807, 2.05) is 30.3 Å². The second-order valence-electron chi connectivity index (χ2n) is 7.17. The molecule has 0 aliphatic heterocycles. The first-order valence-corrected chi connectivity index (χ1v) is 9.88. The zero-order valence-corrected chi connectivity index (χ0v) is 16.1. The third-order valence-corrected chi connectivity index (χ3v) is 4.80. The summed E-state index contributed by atoms with van der Waals surface area (Å²) in [5.74, 6) is 0.622. The van der Waals surface area contributed by atoms with E-state index in [2.05, 4.69) is 15.6 Å². The summed E-state index contributed by atoms with van der Waals surface area (Å²) in [7, 11) is 0. The molecule has 1 fully saturated rings. The summed E-state index contributed by atoms with van der Waals surface area (Å²) in [6.45, 7) is 0.592. The highest BCUT2D eigenvalue weighted by Gasteiger charge is 2.25. The van der Waals surface area contributed by atoms with Gasteiger partial charge in [-0.25, -0.2) is 0 Å². The molecule has 1 aliphatic carbocycles. The first-order chi connectivity index (χ1) is 14.2. The van der Waals surface area contributed by atoms with E-state index in [9.17, 15) is 9.59 Å². The van der Waals surface area contributed by atoms with E-state index in [1.165, 1.54) is 0 Å². The molecule has 2 aromatic heterocycles. The molecule has 6 heteroatoms. The minimum Gasteiger partial charge on any atom is -0.451 e. The third-order valence-electron chi connectivity index (χ3n) is 4.80. The summed E-state index contributed by atoms with van der Waals surface area (Å²) >= 11 is 0. The van der Waals surface area contributed by atoms with Crippen LogP contribution in [-0.4, -0.2) is 29.4 Å². The Morgan fingerprint density at radius 2 is 1.83 bits per heavy atom. The van der Waals surface area contributed by atoms with Crippen molar-refractivity contribution in [1.29, 1.82) is 0 Å². The van der Waals surface area contributed by atoms with Crippen LogP contribution in [0.3, 0.4) is 0 Å². The molecule has 2 heterocycles. The number of hydrogen-bond donors (Lipinski definition) is 2. The number of nitrogens with one attached hydrogen (secondary N) is 2. The molecule has 0 unspecified atom stereocenters. The quantitative estimate of drug-likeness (QED) is 0.577. The fraction of sp³-hybridized carbons (Fsp3) is 0.261. The number of amides is 2. The van der Waals surface area contributed by atoms with Crippen molar-refractivity contribution in [2.75, 3.05) is 6.54 Å². The van der Waals surface area contributed by atoms with Crippen molar-refractivity contribution in [3.05, 3.63) is 77.8 Å². The maximum absolute atomic E-state index is 12.3. The molecule has 29 heavy (non-hydrogen) atoms. The monoisotopic (exact) mass is 389 g/mol. The Morgan fingerprint density at radius 1 is 1.00 bits per heavy atom. The molecule has 0 spiro atoms. The number of carbonyl (C=O) groups is 2. The van der Waals surface area contributed by atoms with E-state index < -0.39 is 0 Å². The van der Waals surface area contributed by atoms with E-state index >= 15 is 0 Å². The molecule has 0 saturated heterocycles. The molecule has 1 aromatic carbocycles. The Morgan fingerprint density at radius 3 is 2.55 bits per heavy atom. The van der Waals surface area contributed by atoms with Crippen LogP contribution < -0.4 is 10.6 Å². The SMILES string of the molecule is O=C(NCCCc1ccccn1)c1ccc(-c2ccc(C(=O)NC3CC3)o2)cc1. The Kier molecular flexibility index (Phi) is 5.70. The van der Waals surface area contributed by atoms with Crippen LogP contribution in [0.25, 0.3) is 11.3 Å². The summed E-state index contributed by atoms with van der Waals surface area (Å²) in [5, 5.41) is 5.83. The second kappa shape index (κ2) is 8.73. The largest absolute Gasteiger partial charge is 0.451 e. The van der Waals surface area contributed by atoms with Crippen molar-refractivity contribution >= 4 is 11.8 Å². The van der Waals surface area contributed by atoms with Crippen molar-refractivity contribution in [2.45, 2.75) is 31.7 Å². The lowest BCUT2D eigenvalue weighted by molar-refractivity contribution is 0.0922. The molecule has 1 saturated carbocycles. The first kappa shape index (κ1) is 18.9. The van der Waals surface area contributed by atoms with Gasteiger partial charge in [-0.2, -0.15) is 0 Å². The highest BCUT2D eigenvalue weighted by atomic mass is 16.3. The van der Waals surface area contributed by atoms with Gasteiger partial charge < -0.3 is 15.1 Å². The lowest BCUT2D eigenvalue weighted by Gasteiger charge is -2.06. The molecule has 0 atom stereocenters. The number of hydrogen-bond acceptors (Lipinski definition) is 4. The highest BCUT2D eigenvalue weighted by molar-refractivity contribution is 5.95. The van der Waals surface area contributed by atoms with Crippen LogP contribution in [0.4, 0.5) is 0 Å². The molecule has 4 rings (SSSR count). The molecule has 6 nitrogen and oxygen atoms in total. The van der Waals surface area contributed by atoms with Crippen molar-refractivity contribution in [3.8, 4) is 11.3 Å². The highest BCUT2D eigenvalue weighted by Crippen LogP contribution is 2.24. The Labute approximate surface area is 169 Å². The number of aromatic nitrogens is 1. The van der Waals surface area contributed by atoms with Crippen LogP contribution in [-0.2, 0) is 6.42 Å². The number of benzene rings is 1. The smallest absolute Gasteiger partial charge is 0.287 e. The minimum atomic E-state index is -0.180. The van der Waals surface area contributed by atoms with E-state index in [-0.39, 0.29) is 17.9 Å². The molecule has 3 aromatic rings. The molecule has 148 valence electrons. The van der Waals surface area contributed by atoms with E-state index in [1.54, 1.807) is 30.5 Å². The number of carbonyl (C=O) groups excluding carboxylic acids is 2. The van der Waals surface area contributed by atoms with Gasteiger partial charge in [-0.05, 0) is 62.1 Å². The number of rotatable bonds is 8. The summed E-state index contributed by atoms with van der Waals surface area (Å²) < 4.78 is 5.66. The molecule has 2 N–H and O–H groups in total. The zero-order valence-electron chi connectivity index (χ0n) is 16.1. The Bertz CT molecular complexity index is 976. The van der Waals surface area contributed by atoms with Gasteiger partial charge in [0.1, 0.15) is 5.76 Å². The van der Waals surface area contributed by atoms with E-state index in [0.29, 0.717) is 23.6 Å². The van der Waals surface area contributed by atoms with Gasteiger partial charge in [-0.3, -0.25) is 14.6 Å². The predicted octanol–water partition coefficient (Wildman–Crippen LogP) is 3.60. The van der Waals surface area contributed by atoms with Gasteiger partial charge in [0.2, 0.25) is 0 Å². The van der Waals surface area contributed by atoms with Crippen LogP contribution in [0.15, 0.2) is 65.2 Å². The first-order valence-electron chi connectivity index (χ1n) is 9.88. The number of aryl methyl sites for hydroxylation is 1. The predicted molar refractivity (Wildman–Crippen MR) is 110 cm³/mol. The average molecular weight is 389 g/mol. The van der Waals surface area contributed by atoms with Gasteiger partial charge in [0.25, 0.3) is 11.8 Å². The normalized spacial score (nSPS) is 13.1. The second-order valence-corrected chi connectivity index (χ2v) is 7.17. The van der Waals surface area contributed by atoms with Gasteiger partial charge in [0, 0.05) is 35.6 Å². The molecule has 0 bridgehead atoms. The van der Waals surface area contributed by atoms with Gasteiger partial charge >= 0.3 is 0 Å². The van der Waals surface area contributed by atoms with Crippen LogP contribution in [0.1, 0.15) is 45.9 Å². The van der Waals surface area contributed by atoms with Gasteiger partial charge in [0.05, 0.1) is 0 Å². The average Bonchev–Trinajstić information content (AvgIpc) is 3.43. The van der Waals surface area contributed by atoms with Gasteiger partial charge in [-0.1, -0.05) is 18.2 Å². The van der Waals surface area contributed by atoms with Crippen molar-refractivity contribution in [1.82, 2.24) is 15.6 Å². The van der Waals surface area contributed by atoms with E-state index in [0.717, 1.165) is 36.9 Å². The van der Waals surface area contributed by atoms with Crippen LogP contribution in [0, 0.1) is 0 Å². The van der Waals surface area contributed by atoms with Crippen LogP contribution in [0.5, 0.6) is 0 Å². The molecule has 0 radical (unpaired) electrons. The Balaban J connectivity index is 1.28. The van der Waals surface area contributed by atoms with Gasteiger partial charge in [-0.15, -0.1) is 0 Å². The standard InChI is InChI=1S/C23H23N3O3/c27-22(25-15-3-5-18-4-1-2-14-24-18)17-8-6-16(7-9-17)20-12-13-21(29-20)23(28)26-19-10-11-19/h1-2,4,6-9,12-14,19H,3,5,10-11,15H2,(H,25,27)(H,26,28). The van der Waals surface area contributed by atoms with Crippen molar-refractivity contribution in [3.63, 3.8) is 0 Å². The number of nitrogens with zero attached hydrogens (tertiary/aromatic N) is 1. The lowest BCUT2D eigenvalue weighted by atomic mass is 10.1. The number of furan rings is 1. The summed E-state index contributed by atoms with van der Waals surface area (Å²) in [5.41, 5.74) is 2.43. The Hall–Kier alpha value is -3.41. The summed E-state index contributed by atoms with van der Waals surface area (Å²) in [6.07, 6.45) is 5.50. The summed E-state index contributed by atoms with van der Waals surface area (Å²) in [6, 6.07) is 16.7. The van der Waals surface area contributed by atoms with Crippen LogP contribution in [0.2, 0.25) is 0 Å². The fourth-order valence-electron chi connectivity index (χ4n) is 3.00. The number of pyridine rings is 1. The molecular formula is C23H23N3O3. The minimum absolute atomic E-state index is 0.110. The van der Waals surface area contributed by atoms with Crippen LogP contribution >= 0.6 is 0 Å². The van der Waals surface area contributed by atoms with Gasteiger partial charge in [0.15, 0.2) is 5.76 Å². The third kappa shape index (κ3) is 5.10. The summed E-state index contributed by atoms with van der Waals surface area (Å²) in [4.78, 5) is 28.6. The lowest BCUT2D eigenvalue weighted by Crippen LogP contribution is -2.24. The maximum Gasteiger partial charge on any atom is 0.287 e. The van der Waals surface area contributed by atoms with E-state index in [4.69, 9.17) is 4.42 Å². The van der Waals surface area contributed by atoms with Crippen molar-refractivity contribution < 1.29 is 14.0 Å². The fourth-order valence-corrected chi connectivity index (χ4v) is 3.00. The topological polar surface area (TPSA) is 84.2 Å². The molecule has 1 aliphatic rings.